The van der Waals surface area contributed by atoms with E-state index in [1.165, 1.54) is 6.42 Å². The van der Waals surface area contributed by atoms with Crippen LogP contribution in [0.1, 0.15) is 37.4 Å². The molecule has 4 rings (SSSR count). The fraction of sp³-hybridized carbons (Fsp3) is 0.304. The monoisotopic (exact) mass is 407 g/mol. The van der Waals surface area contributed by atoms with Crippen LogP contribution in [0.2, 0.25) is 5.02 Å². The Kier molecular flexibility index (Phi) is 5.73. The topological polar surface area (TPSA) is 62.3 Å². The predicted molar refractivity (Wildman–Crippen MR) is 113 cm³/mol. The Morgan fingerprint density at radius 2 is 2.00 bits per heavy atom. The molecule has 0 unspecified atom stereocenters. The summed E-state index contributed by atoms with van der Waals surface area (Å²) in [5.41, 5.74) is 2.08. The van der Waals surface area contributed by atoms with E-state index in [4.69, 9.17) is 20.8 Å². The molecule has 0 spiro atoms. The Labute approximate surface area is 175 Å². The summed E-state index contributed by atoms with van der Waals surface area (Å²) in [6, 6.07) is 17.6. The lowest BCUT2D eigenvalue weighted by molar-refractivity contribution is 0.306. The van der Waals surface area contributed by atoms with Crippen LogP contribution >= 0.6 is 11.6 Å². The molecule has 1 saturated heterocycles. The number of piperidine rings is 1. The van der Waals surface area contributed by atoms with E-state index in [1.807, 2.05) is 48.5 Å². The minimum Gasteiger partial charge on any atom is -0.489 e. The van der Waals surface area contributed by atoms with Gasteiger partial charge >= 0.3 is 0 Å². The molecule has 1 atom stereocenters. The number of oxazole rings is 1. The number of benzene rings is 2. The summed E-state index contributed by atoms with van der Waals surface area (Å²) in [7, 11) is 0. The number of hydrogen-bond acceptors (Lipinski definition) is 5. The fourth-order valence-electron chi connectivity index (χ4n) is 3.57. The Bertz CT molecular complexity index is 1020. The van der Waals surface area contributed by atoms with E-state index in [9.17, 15) is 5.26 Å². The smallest absolute Gasteiger partial charge is 0.235 e. The van der Waals surface area contributed by atoms with Crippen LogP contribution in [-0.2, 0) is 6.61 Å². The highest BCUT2D eigenvalue weighted by Gasteiger charge is 2.26. The lowest BCUT2D eigenvalue weighted by atomic mass is 10.0. The van der Waals surface area contributed by atoms with Crippen molar-refractivity contribution in [2.75, 3.05) is 11.4 Å². The number of anilines is 1. The van der Waals surface area contributed by atoms with Crippen LogP contribution in [0.25, 0.3) is 11.5 Å². The molecule has 2 heterocycles. The molecule has 0 amide bonds. The molecule has 1 aliphatic heterocycles. The lowest BCUT2D eigenvalue weighted by Crippen LogP contribution is -2.37. The van der Waals surface area contributed by atoms with E-state index in [2.05, 4.69) is 22.9 Å². The van der Waals surface area contributed by atoms with Gasteiger partial charge in [-0.2, -0.15) is 10.2 Å². The number of nitrogens with zero attached hydrogens (tertiary/aromatic N) is 3. The van der Waals surface area contributed by atoms with Crippen molar-refractivity contribution < 1.29 is 9.15 Å². The van der Waals surface area contributed by atoms with Crippen LogP contribution in [0, 0.1) is 11.3 Å². The van der Waals surface area contributed by atoms with Crippen molar-refractivity contribution in [3.05, 3.63) is 64.8 Å². The van der Waals surface area contributed by atoms with Gasteiger partial charge < -0.3 is 14.1 Å². The Hall–Kier alpha value is -2.97. The molecule has 1 fully saturated rings. The van der Waals surface area contributed by atoms with Crippen molar-refractivity contribution in [3.8, 4) is 23.3 Å². The first kappa shape index (κ1) is 19.4. The van der Waals surface area contributed by atoms with Gasteiger partial charge in [-0.25, -0.2) is 0 Å². The van der Waals surface area contributed by atoms with Crippen LogP contribution in [0.15, 0.2) is 52.9 Å². The van der Waals surface area contributed by atoms with E-state index in [1.54, 1.807) is 0 Å². The Morgan fingerprint density at radius 3 is 2.72 bits per heavy atom. The highest BCUT2D eigenvalue weighted by atomic mass is 35.5. The van der Waals surface area contributed by atoms with Gasteiger partial charge in [0.05, 0.1) is 0 Å². The minimum absolute atomic E-state index is 0.341. The van der Waals surface area contributed by atoms with Crippen molar-refractivity contribution in [3.63, 3.8) is 0 Å². The van der Waals surface area contributed by atoms with Gasteiger partial charge in [0.25, 0.3) is 0 Å². The molecule has 3 aromatic rings. The van der Waals surface area contributed by atoms with Gasteiger partial charge in [0.2, 0.25) is 17.5 Å². The second-order valence-electron chi connectivity index (χ2n) is 7.23. The zero-order chi connectivity index (χ0) is 20.2. The van der Waals surface area contributed by atoms with Gasteiger partial charge in [0.1, 0.15) is 18.4 Å². The van der Waals surface area contributed by atoms with E-state index in [0.29, 0.717) is 35.1 Å². The molecule has 5 nitrogen and oxygen atoms in total. The molecule has 0 aliphatic carbocycles. The third-order valence-electron chi connectivity index (χ3n) is 5.23. The van der Waals surface area contributed by atoms with Crippen LogP contribution in [0.3, 0.4) is 0 Å². The Morgan fingerprint density at radius 1 is 1.21 bits per heavy atom. The summed E-state index contributed by atoms with van der Waals surface area (Å²) < 4.78 is 11.8. The summed E-state index contributed by atoms with van der Waals surface area (Å²) in [5.74, 6) is 1.76. The maximum atomic E-state index is 9.51. The molecule has 0 radical (unpaired) electrons. The summed E-state index contributed by atoms with van der Waals surface area (Å²) >= 11 is 6.17. The molecule has 0 saturated carbocycles. The zero-order valence-electron chi connectivity index (χ0n) is 16.3. The largest absolute Gasteiger partial charge is 0.489 e. The summed E-state index contributed by atoms with van der Waals surface area (Å²) in [6.45, 7) is 3.44. The zero-order valence-corrected chi connectivity index (χ0v) is 17.0. The normalized spacial score (nSPS) is 16.4. The first-order chi connectivity index (χ1) is 14.2. The first-order valence-corrected chi connectivity index (χ1v) is 10.2. The summed E-state index contributed by atoms with van der Waals surface area (Å²) in [6.07, 6.45) is 3.40. The molecule has 1 aliphatic rings. The van der Waals surface area contributed by atoms with Crippen molar-refractivity contribution in [2.45, 2.75) is 38.8 Å². The standard InChI is InChI=1S/C23H22ClN3O2/c1-16-6-4-5-13-27(16)23-21(14-25)26-22(29-23)17-9-11-19(12-10-17)28-15-18-7-2-3-8-20(18)24/h2-3,7-12,16H,4-6,13,15H2,1H3/t16-/m1/s1. The van der Waals surface area contributed by atoms with Gasteiger partial charge in [0, 0.05) is 28.7 Å². The SMILES string of the molecule is C[C@@H]1CCCCN1c1oc(-c2ccc(OCc3ccccc3Cl)cc2)nc1C#N. The summed E-state index contributed by atoms with van der Waals surface area (Å²) in [5, 5.41) is 10.2. The summed E-state index contributed by atoms with van der Waals surface area (Å²) in [4.78, 5) is 6.57. The van der Waals surface area contributed by atoms with Gasteiger partial charge in [-0.05, 0) is 56.5 Å². The average Bonchev–Trinajstić information content (AvgIpc) is 3.18. The molecule has 148 valence electrons. The third-order valence-corrected chi connectivity index (χ3v) is 5.60. The maximum absolute atomic E-state index is 9.51. The molecule has 0 N–H and O–H groups in total. The van der Waals surface area contributed by atoms with Crippen LogP contribution in [-0.4, -0.2) is 17.6 Å². The lowest BCUT2D eigenvalue weighted by Gasteiger charge is -2.32. The second kappa shape index (κ2) is 8.59. The highest BCUT2D eigenvalue weighted by molar-refractivity contribution is 6.31. The maximum Gasteiger partial charge on any atom is 0.235 e. The van der Waals surface area contributed by atoms with Crippen molar-refractivity contribution in [1.82, 2.24) is 4.98 Å². The Balaban J connectivity index is 1.50. The molecule has 29 heavy (non-hydrogen) atoms. The van der Waals surface area contributed by atoms with Crippen molar-refractivity contribution in [1.29, 1.82) is 5.26 Å². The molecule has 1 aromatic heterocycles. The van der Waals surface area contributed by atoms with Gasteiger partial charge in [-0.15, -0.1) is 0 Å². The highest BCUT2D eigenvalue weighted by Crippen LogP contribution is 2.32. The number of rotatable bonds is 5. The quantitative estimate of drug-likeness (QED) is 0.532. The molecule has 6 heteroatoms. The fourth-order valence-corrected chi connectivity index (χ4v) is 3.76. The predicted octanol–water partition coefficient (Wildman–Crippen LogP) is 5.82. The molecule has 0 bridgehead atoms. The number of halogens is 1. The molecular weight excluding hydrogens is 386 g/mol. The van der Waals surface area contributed by atoms with Crippen LogP contribution < -0.4 is 9.64 Å². The number of hydrogen-bond donors (Lipinski definition) is 0. The van der Waals surface area contributed by atoms with E-state index in [0.717, 1.165) is 36.3 Å². The average molecular weight is 408 g/mol. The van der Waals surface area contributed by atoms with Crippen molar-refractivity contribution >= 4 is 17.5 Å². The van der Waals surface area contributed by atoms with Crippen LogP contribution in [0.4, 0.5) is 5.88 Å². The minimum atomic E-state index is 0.341. The third kappa shape index (κ3) is 4.23. The van der Waals surface area contributed by atoms with E-state index in [-0.39, 0.29) is 0 Å². The molecule has 2 aromatic carbocycles. The van der Waals surface area contributed by atoms with E-state index < -0.39 is 0 Å². The van der Waals surface area contributed by atoms with Crippen molar-refractivity contribution in [2.24, 2.45) is 0 Å². The number of nitriles is 1. The second-order valence-corrected chi connectivity index (χ2v) is 7.63. The number of aromatic nitrogens is 1. The number of ether oxygens (including phenoxy) is 1. The first-order valence-electron chi connectivity index (χ1n) is 9.80. The van der Waals surface area contributed by atoms with Crippen LogP contribution in [0.5, 0.6) is 5.75 Å². The van der Waals surface area contributed by atoms with E-state index >= 15 is 0 Å². The van der Waals surface area contributed by atoms with Gasteiger partial charge in [-0.1, -0.05) is 29.8 Å². The molecular formula is C23H22ClN3O2. The van der Waals surface area contributed by atoms with Gasteiger partial charge in [-0.3, -0.25) is 0 Å². The van der Waals surface area contributed by atoms with Gasteiger partial charge in [0.15, 0.2) is 0 Å².